The minimum Gasteiger partial charge on any atom is -0.323 e. The summed E-state index contributed by atoms with van der Waals surface area (Å²) in [6.45, 7) is 8.17. The van der Waals surface area contributed by atoms with Crippen LogP contribution in [0.4, 0.5) is 0 Å². The van der Waals surface area contributed by atoms with E-state index in [4.69, 9.17) is 4.74 Å². The highest BCUT2D eigenvalue weighted by Gasteiger charge is 2.04. The van der Waals surface area contributed by atoms with Crippen molar-refractivity contribution in [1.82, 2.24) is 0 Å². The largest absolute Gasteiger partial charge is 0.323 e. The molecule has 0 atom stereocenters. The van der Waals surface area contributed by atoms with Crippen LogP contribution in [-0.2, 0) is 17.9 Å². The second-order valence-electron chi connectivity index (χ2n) is 4.97. The topological polar surface area (TPSA) is 13.1 Å². The quantitative estimate of drug-likeness (QED) is 0.480. The van der Waals surface area contributed by atoms with Gasteiger partial charge in [-0.1, -0.05) is 39.5 Å². The van der Waals surface area contributed by atoms with E-state index in [1.165, 1.54) is 43.2 Å². The summed E-state index contributed by atoms with van der Waals surface area (Å²) >= 11 is 0. The van der Waals surface area contributed by atoms with Gasteiger partial charge in [0.25, 0.3) is 6.73 Å². The van der Waals surface area contributed by atoms with Gasteiger partial charge in [-0.05, 0) is 25.3 Å². The molecular formula is C16H28NO+. The lowest BCUT2D eigenvalue weighted by Gasteiger charge is -2.04. The summed E-state index contributed by atoms with van der Waals surface area (Å²) in [7, 11) is 0. The summed E-state index contributed by atoms with van der Waals surface area (Å²) in [4.78, 5) is 0. The zero-order valence-corrected chi connectivity index (χ0v) is 12.2. The molecule has 0 aromatic carbocycles. The van der Waals surface area contributed by atoms with Crippen molar-refractivity contribution >= 4 is 0 Å². The fourth-order valence-electron chi connectivity index (χ4n) is 2.15. The SMILES string of the molecule is CCCCCCCOC[n+]1ccc(CC)c(C)c1. The molecule has 0 spiro atoms. The van der Waals surface area contributed by atoms with E-state index in [-0.39, 0.29) is 0 Å². The number of ether oxygens (including phenoxy) is 1. The molecule has 1 aromatic heterocycles. The highest BCUT2D eigenvalue weighted by atomic mass is 16.5. The van der Waals surface area contributed by atoms with Crippen LogP contribution in [0.2, 0.25) is 0 Å². The summed E-state index contributed by atoms with van der Waals surface area (Å²) in [6.07, 6.45) is 11.9. The van der Waals surface area contributed by atoms with Gasteiger partial charge >= 0.3 is 0 Å². The predicted molar refractivity (Wildman–Crippen MR) is 75.5 cm³/mol. The van der Waals surface area contributed by atoms with Crippen molar-refractivity contribution in [2.24, 2.45) is 0 Å². The Morgan fingerprint density at radius 3 is 2.56 bits per heavy atom. The van der Waals surface area contributed by atoms with Crippen LogP contribution in [0.5, 0.6) is 0 Å². The molecule has 0 N–H and O–H groups in total. The average Bonchev–Trinajstić information content (AvgIpc) is 2.38. The van der Waals surface area contributed by atoms with E-state index in [0.29, 0.717) is 6.73 Å². The molecule has 0 saturated carbocycles. The maximum atomic E-state index is 5.69. The number of pyridine rings is 1. The Morgan fingerprint density at radius 1 is 1.11 bits per heavy atom. The van der Waals surface area contributed by atoms with Crippen LogP contribution >= 0.6 is 0 Å². The summed E-state index contributed by atoms with van der Waals surface area (Å²) in [5.41, 5.74) is 2.78. The van der Waals surface area contributed by atoms with Crippen molar-refractivity contribution in [3.63, 3.8) is 0 Å². The number of aryl methyl sites for hydroxylation is 2. The molecule has 1 rings (SSSR count). The number of nitrogens with zero attached hydrogens (tertiary/aromatic N) is 1. The maximum Gasteiger partial charge on any atom is 0.252 e. The van der Waals surface area contributed by atoms with Crippen molar-refractivity contribution in [2.75, 3.05) is 6.61 Å². The summed E-state index contributed by atoms with van der Waals surface area (Å²) in [5, 5.41) is 0. The zero-order chi connectivity index (χ0) is 13.2. The van der Waals surface area contributed by atoms with E-state index in [1.807, 2.05) is 0 Å². The Hall–Kier alpha value is -0.890. The third kappa shape index (κ3) is 5.63. The van der Waals surface area contributed by atoms with E-state index < -0.39 is 0 Å². The van der Waals surface area contributed by atoms with Gasteiger partial charge in [-0.15, -0.1) is 0 Å². The molecule has 1 aromatic rings. The molecule has 18 heavy (non-hydrogen) atoms. The molecule has 0 bridgehead atoms. The van der Waals surface area contributed by atoms with Crippen molar-refractivity contribution in [1.29, 1.82) is 0 Å². The molecule has 102 valence electrons. The first-order valence-electron chi connectivity index (χ1n) is 7.34. The lowest BCUT2D eigenvalue weighted by atomic mass is 10.1. The van der Waals surface area contributed by atoms with Gasteiger partial charge in [-0.25, -0.2) is 0 Å². The highest BCUT2D eigenvalue weighted by molar-refractivity contribution is 5.18. The van der Waals surface area contributed by atoms with Gasteiger partial charge in [0.15, 0.2) is 12.4 Å². The van der Waals surface area contributed by atoms with Crippen molar-refractivity contribution in [2.45, 2.75) is 66.0 Å². The Morgan fingerprint density at radius 2 is 1.89 bits per heavy atom. The summed E-state index contributed by atoms with van der Waals surface area (Å²) in [6, 6.07) is 2.19. The van der Waals surface area contributed by atoms with Crippen molar-refractivity contribution in [3.8, 4) is 0 Å². The number of unbranched alkanes of at least 4 members (excludes halogenated alkanes) is 4. The highest BCUT2D eigenvalue weighted by Crippen LogP contribution is 2.04. The Kier molecular flexibility index (Phi) is 7.66. The molecule has 0 fully saturated rings. The molecule has 0 radical (unpaired) electrons. The van der Waals surface area contributed by atoms with Gasteiger partial charge in [0.1, 0.15) is 0 Å². The van der Waals surface area contributed by atoms with Crippen LogP contribution in [0.15, 0.2) is 18.5 Å². The van der Waals surface area contributed by atoms with Crippen molar-refractivity contribution < 1.29 is 9.30 Å². The van der Waals surface area contributed by atoms with Crippen LogP contribution in [0.25, 0.3) is 0 Å². The van der Waals surface area contributed by atoms with Gasteiger partial charge in [0.2, 0.25) is 0 Å². The average molecular weight is 250 g/mol. The first kappa shape index (κ1) is 15.2. The van der Waals surface area contributed by atoms with Gasteiger partial charge in [0, 0.05) is 11.6 Å². The van der Waals surface area contributed by atoms with E-state index in [0.717, 1.165) is 13.0 Å². The van der Waals surface area contributed by atoms with E-state index in [9.17, 15) is 0 Å². The molecule has 2 heteroatoms. The van der Waals surface area contributed by atoms with Gasteiger partial charge in [-0.2, -0.15) is 4.57 Å². The third-order valence-corrected chi connectivity index (χ3v) is 3.35. The second kappa shape index (κ2) is 9.09. The predicted octanol–water partition coefficient (Wildman–Crippen LogP) is 3.79. The zero-order valence-electron chi connectivity index (χ0n) is 12.2. The Bertz CT molecular complexity index is 336. The molecule has 0 aliphatic heterocycles. The standard InChI is InChI=1S/C16H28NO/c1-4-6-7-8-9-12-18-14-17-11-10-16(5-2)15(3)13-17/h10-11,13H,4-9,12,14H2,1-3H3/q+1. The summed E-state index contributed by atoms with van der Waals surface area (Å²) in [5.74, 6) is 0. The molecule has 0 unspecified atom stereocenters. The van der Waals surface area contributed by atoms with Gasteiger partial charge in [0.05, 0.1) is 6.61 Å². The Balaban J connectivity index is 2.17. The smallest absolute Gasteiger partial charge is 0.252 e. The summed E-state index contributed by atoms with van der Waals surface area (Å²) < 4.78 is 7.82. The maximum absolute atomic E-state index is 5.69. The number of aromatic nitrogens is 1. The molecule has 0 aliphatic rings. The van der Waals surface area contributed by atoms with Gasteiger partial charge < -0.3 is 4.74 Å². The van der Waals surface area contributed by atoms with Crippen LogP contribution in [0, 0.1) is 6.92 Å². The van der Waals surface area contributed by atoms with E-state index in [1.54, 1.807) is 0 Å². The molecular weight excluding hydrogens is 222 g/mol. The molecule has 0 amide bonds. The lowest BCUT2D eigenvalue weighted by molar-refractivity contribution is -0.733. The Labute approximate surface area is 112 Å². The number of hydrogen-bond donors (Lipinski definition) is 0. The van der Waals surface area contributed by atoms with Crippen LogP contribution in [0.3, 0.4) is 0 Å². The minimum atomic E-state index is 0.679. The lowest BCUT2D eigenvalue weighted by Crippen LogP contribution is -2.35. The van der Waals surface area contributed by atoms with Gasteiger partial charge in [-0.3, -0.25) is 0 Å². The fraction of sp³-hybridized carbons (Fsp3) is 0.688. The van der Waals surface area contributed by atoms with Crippen molar-refractivity contribution in [3.05, 3.63) is 29.6 Å². The van der Waals surface area contributed by atoms with Crippen LogP contribution in [-0.4, -0.2) is 6.61 Å². The fourth-order valence-corrected chi connectivity index (χ4v) is 2.15. The second-order valence-corrected chi connectivity index (χ2v) is 4.97. The van der Waals surface area contributed by atoms with E-state index >= 15 is 0 Å². The monoisotopic (exact) mass is 250 g/mol. The first-order chi connectivity index (χ1) is 8.77. The van der Waals surface area contributed by atoms with Crippen LogP contribution in [0.1, 0.15) is 57.1 Å². The molecule has 0 saturated heterocycles. The molecule has 1 heterocycles. The normalized spacial score (nSPS) is 10.8. The van der Waals surface area contributed by atoms with E-state index in [2.05, 4.69) is 43.8 Å². The third-order valence-electron chi connectivity index (χ3n) is 3.35. The molecule has 0 aliphatic carbocycles. The first-order valence-corrected chi connectivity index (χ1v) is 7.34. The minimum absolute atomic E-state index is 0.679. The van der Waals surface area contributed by atoms with Crippen LogP contribution < -0.4 is 4.57 Å². The number of rotatable bonds is 9. The molecule has 2 nitrogen and oxygen atoms in total. The number of hydrogen-bond acceptors (Lipinski definition) is 1.